The molecule has 3 nitrogen and oxygen atoms in total. The molecule has 3 rings (SSSR count). The summed E-state index contributed by atoms with van der Waals surface area (Å²) in [5, 5.41) is 0. The minimum absolute atomic E-state index is 0.381. The molecule has 2 heterocycles. The van der Waals surface area contributed by atoms with Gasteiger partial charge in [0.1, 0.15) is 0 Å². The summed E-state index contributed by atoms with van der Waals surface area (Å²) in [6, 6.07) is 0.381. The van der Waals surface area contributed by atoms with Gasteiger partial charge in [0.05, 0.1) is 0 Å². The van der Waals surface area contributed by atoms with Crippen molar-refractivity contribution in [2.75, 3.05) is 24.6 Å². The summed E-state index contributed by atoms with van der Waals surface area (Å²) < 4.78 is 0. The van der Waals surface area contributed by atoms with Crippen molar-refractivity contribution in [2.24, 2.45) is 23.5 Å². The molecule has 19 heavy (non-hydrogen) atoms. The number of nitrogens with zero attached hydrogens (tertiary/aromatic N) is 1. The van der Waals surface area contributed by atoms with Gasteiger partial charge in [-0.25, -0.2) is 0 Å². The molecule has 0 radical (unpaired) electrons. The molecular formula is C15H26N2OS. The quantitative estimate of drug-likeness (QED) is 0.844. The zero-order valence-corrected chi connectivity index (χ0v) is 12.5. The number of hydrogen-bond acceptors (Lipinski definition) is 3. The highest BCUT2D eigenvalue weighted by Gasteiger charge is 2.38. The molecule has 2 aliphatic heterocycles. The van der Waals surface area contributed by atoms with E-state index < -0.39 is 0 Å². The molecule has 2 saturated heterocycles. The van der Waals surface area contributed by atoms with E-state index in [0.29, 0.717) is 23.8 Å². The van der Waals surface area contributed by atoms with Crippen LogP contribution in [0.1, 0.15) is 38.5 Å². The Morgan fingerprint density at radius 3 is 2.63 bits per heavy atom. The zero-order valence-electron chi connectivity index (χ0n) is 11.7. The van der Waals surface area contributed by atoms with E-state index in [0.717, 1.165) is 38.3 Å². The van der Waals surface area contributed by atoms with Crippen LogP contribution >= 0.6 is 11.8 Å². The molecule has 0 aromatic heterocycles. The van der Waals surface area contributed by atoms with E-state index in [2.05, 4.69) is 4.90 Å². The van der Waals surface area contributed by atoms with E-state index >= 15 is 0 Å². The highest BCUT2D eigenvalue weighted by molar-refractivity contribution is 7.99. The molecule has 2 N–H and O–H groups in total. The Balaban J connectivity index is 1.51. The number of thioether (sulfide) groups is 1. The Kier molecular flexibility index (Phi) is 4.37. The van der Waals surface area contributed by atoms with Crippen LogP contribution in [0.4, 0.5) is 0 Å². The van der Waals surface area contributed by atoms with E-state index in [1.165, 1.54) is 30.8 Å². The van der Waals surface area contributed by atoms with Crippen LogP contribution in [0.5, 0.6) is 0 Å². The summed E-state index contributed by atoms with van der Waals surface area (Å²) in [6.45, 7) is 2.00. The van der Waals surface area contributed by atoms with E-state index in [1.54, 1.807) is 0 Å². The normalized spacial score (nSPS) is 36.3. The third-order valence-corrected chi connectivity index (χ3v) is 6.30. The molecule has 1 unspecified atom stereocenters. The summed E-state index contributed by atoms with van der Waals surface area (Å²) in [5.41, 5.74) is 6.06. The number of amides is 1. The van der Waals surface area contributed by atoms with Gasteiger partial charge in [-0.15, -0.1) is 0 Å². The molecule has 3 aliphatic rings. The molecule has 0 aromatic carbocycles. The van der Waals surface area contributed by atoms with E-state index in [-0.39, 0.29) is 0 Å². The van der Waals surface area contributed by atoms with E-state index in [9.17, 15) is 4.79 Å². The highest BCUT2D eigenvalue weighted by atomic mass is 32.2. The van der Waals surface area contributed by atoms with Gasteiger partial charge in [-0.05, 0) is 61.4 Å². The topological polar surface area (TPSA) is 46.3 Å². The fourth-order valence-electron chi connectivity index (χ4n) is 4.00. The van der Waals surface area contributed by atoms with Gasteiger partial charge in [-0.3, -0.25) is 4.79 Å². The lowest BCUT2D eigenvalue weighted by atomic mass is 9.79. The van der Waals surface area contributed by atoms with Gasteiger partial charge in [0.2, 0.25) is 5.91 Å². The molecule has 1 aliphatic carbocycles. The van der Waals surface area contributed by atoms with Crippen molar-refractivity contribution < 1.29 is 4.79 Å². The zero-order chi connectivity index (χ0) is 13.2. The van der Waals surface area contributed by atoms with Crippen molar-refractivity contribution in [3.05, 3.63) is 0 Å². The molecule has 108 valence electrons. The molecule has 3 fully saturated rings. The lowest BCUT2D eigenvalue weighted by Crippen LogP contribution is -2.32. The minimum Gasteiger partial charge on any atom is -0.342 e. The molecule has 0 bridgehead atoms. The van der Waals surface area contributed by atoms with E-state index in [4.69, 9.17) is 5.73 Å². The summed E-state index contributed by atoms with van der Waals surface area (Å²) >= 11 is 2.04. The maximum Gasteiger partial charge on any atom is 0.222 e. The molecular weight excluding hydrogens is 256 g/mol. The number of rotatable bonds is 2. The maximum absolute atomic E-state index is 12.4. The van der Waals surface area contributed by atoms with Gasteiger partial charge < -0.3 is 10.6 Å². The smallest absolute Gasteiger partial charge is 0.222 e. The average Bonchev–Trinajstić information content (AvgIpc) is 2.83. The number of likely N-dealkylation sites (tertiary alicyclic amines) is 1. The highest BCUT2D eigenvalue weighted by Crippen LogP contribution is 2.36. The van der Waals surface area contributed by atoms with Gasteiger partial charge in [0, 0.05) is 25.6 Å². The molecule has 0 aromatic rings. The van der Waals surface area contributed by atoms with Crippen molar-refractivity contribution in [1.29, 1.82) is 0 Å². The fraction of sp³-hybridized carbons (Fsp3) is 0.933. The van der Waals surface area contributed by atoms with Crippen molar-refractivity contribution in [3.8, 4) is 0 Å². The second-order valence-electron chi connectivity index (χ2n) is 6.65. The number of fused-ring (bicyclic) bond motifs is 1. The van der Waals surface area contributed by atoms with Crippen LogP contribution in [0.15, 0.2) is 0 Å². The predicted octanol–water partition coefficient (Wildman–Crippen LogP) is 2.11. The molecule has 0 spiro atoms. The standard InChI is InChI=1S/C15H26N2OS/c16-14-2-1-12-9-17(10-13(12)8-14)15(18)7-11-3-5-19-6-4-11/h11-14H,1-10,16H2/t12-,13+,14?/m1/s1. The van der Waals surface area contributed by atoms with Crippen LogP contribution in [0, 0.1) is 17.8 Å². The first kappa shape index (κ1) is 13.7. The lowest BCUT2D eigenvalue weighted by Gasteiger charge is -2.27. The van der Waals surface area contributed by atoms with Gasteiger partial charge in [0.25, 0.3) is 0 Å². The van der Waals surface area contributed by atoms with Crippen LogP contribution in [0.3, 0.4) is 0 Å². The number of carbonyl (C=O) groups is 1. The summed E-state index contributed by atoms with van der Waals surface area (Å²) in [5.74, 6) is 5.00. The van der Waals surface area contributed by atoms with Crippen LogP contribution in [0.2, 0.25) is 0 Å². The minimum atomic E-state index is 0.381. The molecule has 1 amide bonds. The first-order valence-electron chi connectivity index (χ1n) is 7.83. The van der Waals surface area contributed by atoms with Crippen LogP contribution in [-0.2, 0) is 4.79 Å². The number of hydrogen-bond donors (Lipinski definition) is 1. The van der Waals surface area contributed by atoms with Gasteiger partial charge >= 0.3 is 0 Å². The third kappa shape index (κ3) is 3.27. The van der Waals surface area contributed by atoms with Gasteiger partial charge in [-0.2, -0.15) is 11.8 Å². The van der Waals surface area contributed by atoms with Gasteiger partial charge in [0.15, 0.2) is 0 Å². The second kappa shape index (κ2) is 6.04. The van der Waals surface area contributed by atoms with Crippen LogP contribution in [-0.4, -0.2) is 41.4 Å². The fourth-order valence-corrected chi connectivity index (χ4v) is 5.20. The second-order valence-corrected chi connectivity index (χ2v) is 7.88. The Labute approximate surface area is 120 Å². The largest absolute Gasteiger partial charge is 0.342 e. The van der Waals surface area contributed by atoms with Crippen molar-refractivity contribution in [1.82, 2.24) is 4.90 Å². The Hall–Kier alpha value is -0.220. The molecule has 1 saturated carbocycles. The Bertz CT molecular complexity index is 330. The van der Waals surface area contributed by atoms with Gasteiger partial charge in [-0.1, -0.05) is 0 Å². The molecule has 3 atom stereocenters. The van der Waals surface area contributed by atoms with Crippen LogP contribution in [0.25, 0.3) is 0 Å². The van der Waals surface area contributed by atoms with E-state index in [1.807, 2.05) is 11.8 Å². The van der Waals surface area contributed by atoms with Crippen molar-refractivity contribution in [3.63, 3.8) is 0 Å². The monoisotopic (exact) mass is 282 g/mol. The SMILES string of the molecule is NC1CC[C@@H]2CN(C(=O)CC3CCSCC3)C[C@@H]2C1. The number of nitrogens with two attached hydrogens (primary N) is 1. The van der Waals surface area contributed by atoms with Crippen molar-refractivity contribution >= 4 is 17.7 Å². The third-order valence-electron chi connectivity index (χ3n) is 5.25. The molecule has 4 heteroatoms. The predicted molar refractivity (Wildman–Crippen MR) is 80.1 cm³/mol. The Morgan fingerprint density at radius 1 is 1.11 bits per heavy atom. The number of carbonyl (C=O) groups excluding carboxylic acids is 1. The first-order valence-corrected chi connectivity index (χ1v) is 8.99. The average molecular weight is 282 g/mol. The maximum atomic E-state index is 12.4. The van der Waals surface area contributed by atoms with Crippen molar-refractivity contribution in [2.45, 2.75) is 44.6 Å². The summed E-state index contributed by atoms with van der Waals surface area (Å²) in [6.07, 6.45) is 6.79. The lowest BCUT2D eigenvalue weighted by molar-refractivity contribution is -0.131. The van der Waals surface area contributed by atoms with Crippen LogP contribution < -0.4 is 5.73 Å². The summed E-state index contributed by atoms with van der Waals surface area (Å²) in [4.78, 5) is 14.6. The first-order chi connectivity index (χ1) is 9.22. The Morgan fingerprint density at radius 2 is 1.84 bits per heavy atom. The summed E-state index contributed by atoms with van der Waals surface area (Å²) in [7, 11) is 0.